The molecule has 1 saturated carbocycles. The maximum atomic E-state index is 13.1. The molecule has 35 heavy (non-hydrogen) atoms. The van der Waals surface area contributed by atoms with Crippen LogP contribution >= 0.6 is 10.8 Å². The third-order valence-corrected chi connectivity index (χ3v) is 8.30. The minimum atomic E-state index is -3.23. The van der Waals surface area contributed by atoms with E-state index in [0.29, 0.717) is 30.6 Å². The van der Waals surface area contributed by atoms with E-state index in [0.717, 1.165) is 22.4 Å². The highest BCUT2D eigenvalue weighted by molar-refractivity contribution is 8.22. The second-order valence-corrected chi connectivity index (χ2v) is 11.0. The van der Waals surface area contributed by atoms with Crippen molar-refractivity contribution in [1.29, 1.82) is 0 Å². The highest BCUT2D eigenvalue weighted by Crippen LogP contribution is 2.47. The van der Waals surface area contributed by atoms with E-state index in [4.69, 9.17) is 0 Å². The number of hydrogen-bond donors (Lipinski definition) is 4. The normalized spacial score (nSPS) is 19.7. The first-order valence-corrected chi connectivity index (χ1v) is 13.4. The van der Waals surface area contributed by atoms with Crippen LogP contribution in [-0.4, -0.2) is 26.0 Å². The molecule has 0 bridgehead atoms. The molecule has 1 fully saturated rings. The number of halogens is 1. The lowest BCUT2D eigenvalue weighted by Crippen LogP contribution is -2.40. The van der Waals surface area contributed by atoms with Crippen LogP contribution in [-0.2, 0) is 4.79 Å². The average Bonchev–Trinajstić information content (AvgIpc) is 2.85. The van der Waals surface area contributed by atoms with Gasteiger partial charge in [-0.1, -0.05) is 42.5 Å². The maximum Gasteiger partial charge on any atom is 0.223 e. The van der Waals surface area contributed by atoms with Gasteiger partial charge >= 0.3 is 0 Å². The number of amides is 1. The first kappa shape index (κ1) is 25.3. The van der Waals surface area contributed by atoms with Gasteiger partial charge in [0.05, 0.1) is 22.8 Å². The van der Waals surface area contributed by atoms with E-state index in [1.807, 2.05) is 50.2 Å². The number of carbonyl (C=O) groups excluding carboxylic acids is 1. The topological polar surface area (TPSA) is 94.5 Å². The Morgan fingerprint density at radius 1 is 1.06 bits per heavy atom. The van der Waals surface area contributed by atoms with Gasteiger partial charge in [0.25, 0.3) is 0 Å². The molecule has 4 rings (SSSR count). The molecule has 1 heterocycles. The summed E-state index contributed by atoms with van der Waals surface area (Å²) in [6, 6.07) is 17.4. The fraction of sp³-hybridized carbons (Fsp3) is 0.333. The summed E-state index contributed by atoms with van der Waals surface area (Å²) in [4.78, 5) is 17.6. The molecule has 1 amide bonds. The molecular weight excluding hydrogens is 465 g/mol. The van der Waals surface area contributed by atoms with E-state index in [1.165, 1.54) is 18.3 Å². The summed E-state index contributed by atoms with van der Waals surface area (Å²) in [5, 5.41) is 3.02. The van der Waals surface area contributed by atoms with Crippen molar-refractivity contribution in [3.8, 4) is 11.3 Å². The molecule has 4 N–H and O–H groups in total. The zero-order valence-electron chi connectivity index (χ0n) is 19.9. The largest absolute Gasteiger partial charge is 0.349 e. The zero-order chi connectivity index (χ0) is 25.0. The average molecular weight is 498 g/mol. The lowest BCUT2D eigenvalue weighted by molar-refractivity contribution is -0.126. The zero-order valence-corrected chi connectivity index (χ0v) is 20.8. The molecule has 0 spiro atoms. The van der Waals surface area contributed by atoms with E-state index in [2.05, 4.69) is 15.0 Å². The van der Waals surface area contributed by atoms with Crippen LogP contribution in [0.5, 0.6) is 0 Å². The predicted octanol–water partition coefficient (Wildman–Crippen LogP) is 6.25. The van der Waals surface area contributed by atoms with Gasteiger partial charge in [0.2, 0.25) is 5.91 Å². The molecule has 1 aliphatic carbocycles. The van der Waals surface area contributed by atoms with E-state index in [9.17, 15) is 18.3 Å². The Balaban J connectivity index is 1.32. The number of aryl methyl sites for hydroxylation is 1. The van der Waals surface area contributed by atoms with Crippen molar-refractivity contribution in [1.82, 2.24) is 15.0 Å². The molecule has 6 nitrogen and oxygen atoms in total. The van der Waals surface area contributed by atoms with Crippen LogP contribution in [0.4, 0.5) is 4.39 Å². The second kappa shape index (κ2) is 10.9. The van der Waals surface area contributed by atoms with E-state index >= 15 is 0 Å². The molecule has 186 valence electrons. The van der Waals surface area contributed by atoms with Gasteiger partial charge in [-0.05, 0) is 68.9 Å². The number of nitrogens with zero attached hydrogens (tertiary/aromatic N) is 1. The molecule has 8 heteroatoms. The Labute approximate surface area is 207 Å². The van der Waals surface area contributed by atoms with Gasteiger partial charge in [-0.3, -0.25) is 18.9 Å². The summed E-state index contributed by atoms with van der Waals surface area (Å²) in [7, 11) is -3.23. The Kier molecular flexibility index (Phi) is 7.86. The number of carbonyl (C=O) groups is 1. The lowest BCUT2D eigenvalue weighted by Gasteiger charge is -2.39. The van der Waals surface area contributed by atoms with Crippen molar-refractivity contribution >= 4 is 16.7 Å². The van der Waals surface area contributed by atoms with Crippen molar-refractivity contribution in [3.63, 3.8) is 0 Å². The molecule has 2 aromatic carbocycles. The summed E-state index contributed by atoms with van der Waals surface area (Å²) < 4.78 is 38.0. The summed E-state index contributed by atoms with van der Waals surface area (Å²) in [5.41, 5.74) is 3.36. The Morgan fingerprint density at radius 3 is 2.34 bits per heavy atom. The van der Waals surface area contributed by atoms with Crippen LogP contribution in [0, 0.1) is 18.7 Å². The van der Waals surface area contributed by atoms with Crippen LogP contribution in [0.1, 0.15) is 49.8 Å². The first-order chi connectivity index (χ1) is 16.7. The number of pyridine rings is 1. The first-order valence-electron chi connectivity index (χ1n) is 11.9. The van der Waals surface area contributed by atoms with Crippen LogP contribution in [0.15, 0.2) is 71.8 Å². The maximum absolute atomic E-state index is 13.1. The summed E-state index contributed by atoms with van der Waals surface area (Å²) in [6.45, 7) is 3.73. The van der Waals surface area contributed by atoms with Crippen molar-refractivity contribution in [2.24, 2.45) is 5.92 Å². The molecule has 1 aliphatic rings. The third-order valence-electron chi connectivity index (χ3n) is 6.60. The SMILES string of the molecule is Cc1cc(-c2ccccc2)ncc1S(O)(O)NC1CCC(C(=O)NC(C)c2ccc(F)cc2)CC1. The van der Waals surface area contributed by atoms with Crippen LogP contribution in [0.3, 0.4) is 0 Å². The van der Waals surface area contributed by atoms with E-state index in [-0.39, 0.29) is 29.7 Å². The molecule has 1 atom stereocenters. The monoisotopic (exact) mass is 497 g/mol. The third kappa shape index (κ3) is 6.27. The van der Waals surface area contributed by atoms with Crippen LogP contribution in [0.2, 0.25) is 0 Å². The van der Waals surface area contributed by atoms with Crippen LogP contribution in [0.25, 0.3) is 11.3 Å². The Morgan fingerprint density at radius 2 is 1.71 bits per heavy atom. The van der Waals surface area contributed by atoms with Gasteiger partial charge in [0.15, 0.2) is 0 Å². The molecule has 1 aromatic heterocycles. The van der Waals surface area contributed by atoms with Gasteiger partial charge in [-0.2, -0.15) is 0 Å². The molecule has 0 radical (unpaired) electrons. The van der Waals surface area contributed by atoms with E-state index < -0.39 is 10.8 Å². The Bertz CT molecular complexity index is 1150. The smallest absolute Gasteiger partial charge is 0.223 e. The second-order valence-electron chi connectivity index (χ2n) is 9.20. The lowest BCUT2D eigenvalue weighted by atomic mass is 9.85. The summed E-state index contributed by atoms with van der Waals surface area (Å²) in [6.07, 6.45) is 4.16. The van der Waals surface area contributed by atoms with Gasteiger partial charge in [-0.15, -0.1) is 10.8 Å². The van der Waals surface area contributed by atoms with Gasteiger partial charge in [0.1, 0.15) is 5.82 Å². The van der Waals surface area contributed by atoms with Crippen molar-refractivity contribution in [2.75, 3.05) is 0 Å². The highest BCUT2D eigenvalue weighted by Gasteiger charge is 2.30. The standard InChI is InChI=1S/C27H32FN3O3S/c1-18-16-25(21-6-4-3-5-7-21)29-17-26(18)35(33,34)31-24-14-10-22(11-15-24)27(32)30-19(2)20-8-12-23(28)13-9-20/h3-9,12-13,16-17,19,22,24,31,33-34H,10-11,14-15H2,1-2H3,(H,30,32). The van der Waals surface area contributed by atoms with Crippen molar-refractivity contribution < 1.29 is 18.3 Å². The number of aromatic nitrogens is 1. The summed E-state index contributed by atoms with van der Waals surface area (Å²) >= 11 is 0. The number of benzene rings is 2. The minimum Gasteiger partial charge on any atom is -0.349 e. The number of nitrogens with one attached hydrogen (secondary N) is 2. The van der Waals surface area contributed by atoms with Gasteiger partial charge in [0, 0.05) is 17.5 Å². The molecule has 0 aliphatic heterocycles. The molecule has 0 saturated heterocycles. The van der Waals surface area contributed by atoms with Gasteiger partial charge < -0.3 is 5.32 Å². The minimum absolute atomic E-state index is 0.0246. The molecule has 1 unspecified atom stereocenters. The number of hydrogen-bond acceptors (Lipinski definition) is 5. The Hall–Kier alpha value is -2.78. The van der Waals surface area contributed by atoms with E-state index in [1.54, 1.807) is 12.1 Å². The van der Waals surface area contributed by atoms with Crippen LogP contribution < -0.4 is 10.0 Å². The highest BCUT2D eigenvalue weighted by atomic mass is 32.3. The predicted molar refractivity (Wildman–Crippen MR) is 137 cm³/mol. The summed E-state index contributed by atoms with van der Waals surface area (Å²) in [5.74, 6) is -0.461. The van der Waals surface area contributed by atoms with Crippen molar-refractivity contribution in [3.05, 3.63) is 83.8 Å². The fourth-order valence-corrected chi connectivity index (χ4v) is 6.08. The molecule has 3 aromatic rings. The fourth-order valence-electron chi connectivity index (χ4n) is 4.54. The van der Waals surface area contributed by atoms with Crippen molar-refractivity contribution in [2.45, 2.75) is 56.5 Å². The van der Waals surface area contributed by atoms with Gasteiger partial charge in [-0.25, -0.2) is 9.11 Å². The number of rotatable bonds is 7. The molecular formula is C27H32FN3O3S. The quantitative estimate of drug-likeness (QED) is 0.310.